The highest BCUT2D eigenvalue weighted by atomic mass is 15.0. The first-order chi connectivity index (χ1) is 7.92. The summed E-state index contributed by atoms with van der Waals surface area (Å²) in [4.78, 5) is 8.37. The predicted molar refractivity (Wildman–Crippen MR) is 70.9 cm³/mol. The van der Waals surface area contributed by atoms with E-state index < -0.39 is 0 Å². The van der Waals surface area contributed by atoms with Gasteiger partial charge in [0.25, 0.3) is 0 Å². The number of aromatic nitrogens is 2. The molecular weight excluding hydrogens is 212 g/mol. The largest absolute Gasteiger partial charge is 0.383 e. The van der Waals surface area contributed by atoms with Crippen LogP contribution in [-0.4, -0.2) is 16.5 Å². The van der Waals surface area contributed by atoms with E-state index in [1.807, 2.05) is 0 Å². The summed E-state index contributed by atoms with van der Waals surface area (Å²) >= 11 is 0. The van der Waals surface area contributed by atoms with Crippen LogP contribution in [0, 0.1) is 11.3 Å². The van der Waals surface area contributed by atoms with E-state index in [9.17, 15) is 0 Å². The van der Waals surface area contributed by atoms with Gasteiger partial charge < -0.3 is 11.1 Å². The molecule has 1 heterocycles. The summed E-state index contributed by atoms with van der Waals surface area (Å²) in [5.74, 6) is 2.58. The molecule has 1 atom stereocenters. The van der Waals surface area contributed by atoms with Crippen molar-refractivity contribution < 1.29 is 0 Å². The fraction of sp³-hybridized carbons (Fsp3) is 0.692. The second-order valence-corrected chi connectivity index (χ2v) is 5.95. The highest BCUT2D eigenvalue weighted by molar-refractivity contribution is 5.56. The molecule has 4 nitrogen and oxygen atoms in total. The highest BCUT2D eigenvalue weighted by Crippen LogP contribution is 2.51. The normalized spacial score (nSPS) is 21.6. The first-order valence-electron chi connectivity index (χ1n) is 6.26. The number of hydrogen-bond acceptors (Lipinski definition) is 4. The Morgan fingerprint density at radius 2 is 2.12 bits per heavy atom. The van der Waals surface area contributed by atoms with Crippen LogP contribution in [0.5, 0.6) is 0 Å². The van der Waals surface area contributed by atoms with Crippen LogP contribution >= 0.6 is 0 Å². The fourth-order valence-electron chi connectivity index (χ4n) is 2.26. The van der Waals surface area contributed by atoms with E-state index in [4.69, 9.17) is 5.73 Å². The summed E-state index contributed by atoms with van der Waals surface area (Å²) < 4.78 is 0. The number of rotatable bonds is 4. The van der Waals surface area contributed by atoms with Crippen molar-refractivity contribution in [1.29, 1.82) is 0 Å². The molecule has 1 unspecified atom stereocenters. The second kappa shape index (κ2) is 4.17. The van der Waals surface area contributed by atoms with Gasteiger partial charge in [-0.15, -0.1) is 0 Å². The smallest absolute Gasteiger partial charge is 0.134 e. The quantitative estimate of drug-likeness (QED) is 0.840. The molecule has 17 heavy (non-hydrogen) atoms. The Bertz CT molecular complexity index is 412. The summed E-state index contributed by atoms with van der Waals surface area (Å²) in [6, 6.07) is 0. The molecule has 1 aliphatic rings. The maximum absolute atomic E-state index is 5.91. The van der Waals surface area contributed by atoms with Crippen molar-refractivity contribution in [3.05, 3.63) is 11.9 Å². The van der Waals surface area contributed by atoms with Crippen molar-refractivity contribution >= 4 is 11.6 Å². The molecule has 1 aliphatic carbocycles. The highest BCUT2D eigenvalue weighted by Gasteiger charge is 2.45. The lowest BCUT2D eigenvalue weighted by atomic mass is 10.0. The molecule has 0 bridgehead atoms. The average molecular weight is 234 g/mol. The number of nitrogens with one attached hydrogen (secondary N) is 1. The van der Waals surface area contributed by atoms with Crippen LogP contribution in [0.1, 0.15) is 45.6 Å². The first-order valence-corrected chi connectivity index (χ1v) is 6.26. The van der Waals surface area contributed by atoms with Gasteiger partial charge in [-0.2, -0.15) is 0 Å². The summed E-state index contributed by atoms with van der Waals surface area (Å²) in [5.41, 5.74) is 7.43. The van der Waals surface area contributed by atoms with Gasteiger partial charge >= 0.3 is 0 Å². The summed E-state index contributed by atoms with van der Waals surface area (Å²) in [6.07, 6.45) is 2.82. The van der Waals surface area contributed by atoms with Crippen LogP contribution in [0.3, 0.4) is 0 Å². The van der Waals surface area contributed by atoms with Gasteiger partial charge in [0.2, 0.25) is 0 Å². The van der Waals surface area contributed by atoms with Gasteiger partial charge in [-0.25, -0.2) is 9.97 Å². The maximum Gasteiger partial charge on any atom is 0.134 e. The second-order valence-electron chi connectivity index (χ2n) is 5.95. The van der Waals surface area contributed by atoms with Gasteiger partial charge in [-0.1, -0.05) is 27.7 Å². The van der Waals surface area contributed by atoms with Crippen molar-refractivity contribution in [2.75, 3.05) is 17.6 Å². The molecule has 0 amide bonds. The van der Waals surface area contributed by atoms with Gasteiger partial charge in [0.05, 0.1) is 0 Å². The number of nitrogens with two attached hydrogens (primary N) is 1. The van der Waals surface area contributed by atoms with E-state index in [1.54, 1.807) is 0 Å². The van der Waals surface area contributed by atoms with E-state index in [2.05, 4.69) is 43.0 Å². The first kappa shape index (κ1) is 12.1. The van der Waals surface area contributed by atoms with Crippen LogP contribution in [0.2, 0.25) is 0 Å². The molecule has 0 aliphatic heterocycles. The molecule has 1 saturated carbocycles. The summed E-state index contributed by atoms with van der Waals surface area (Å²) in [6.45, 7) is 9.81. The van der Waals surface area contributed by atoms with Crippen molar-refractivity contribution in [3.8, 4) is 0 Å². The molecule has 1 fully saturated rings. The van der Waals surface area contributed by atoms with Gasteiger partial charge in [-0.05, 0) is 23.7 Å². The molecule has 0 saturated heterocycles. The molecule has 1 aromatic heterocycles. The number of hydrogen-bond donors (Lipinski definition) is 2. The Hall–Kier alpha value is -1.32. The number of nitrogen functional groups attached to an aromatic ring is 1. The minimum atomic E-state index is 0.339. The monoisotopic (exact) mass is 234 g/mol. The lowest BCUT2D eigenvalue weighted by Gasteiger charge is -2.15. The van der Waals surface area contributed by atoms with E-state index in [0.29, 0.717) is 17.2 Å². The molecular formula is C13H22N4. The van der Waals surface area contributed by atoms with Crippen LogP contribution in [0.15, 0.2) is 6.33 Å². The van der Waals surface area contributed by atoms with Gasteiger partial charge in [-0.3, -0.25) is 0 Å². The third-order valence-electron chi connectivity index (χ3n) is 3.73. The number of anilines is 2. The minimum absolute atomic E-state index is 0.339. The topological polar surface area (TPSA) is 63.8 Å². The van der Waals surface area contributed by atoms with Gasteiger partial charge in [0, 0.05) is 12.1 Å². The van der Waals surface area contributed by atoms with Crippen molar-refractivity contribution in [2.24, 2.45) is 11.3 Å². The maximum atomic E-state index is 5.91. The third kappa shape index (κ3) is 2.51. The van der Waals surface area contributed by atoms with Crippen LogP contribution < -0.4 is 11.1 Å². The Morgan fingerprint density at radius 3 is 2.65 bits per heavy atom. The molecule has 94 valence electrons. The lowest BCUT2D eigenvalue weighted by Crippen LogP contribution is -2.13. The van der Waals surface area contributed by atoms with E-state index >= 15 is 0 Å². The van der Waals surface area contributed by atoms with Crippen molar-refractivity contribution in [3.63, 3.8) is 0 Å². The third-order valence-corrected chi connectivity index (χ3v) is 3.73. The fourth-order valence-corrected chi connectivity index (χ4v) is 2.26. The summed E-state index contributed by atoms with van der Waals surface area (Å²) in [7, 11) is 0. The molecule has 3 N–H and O–H groups in total. The molecule has 4 heteroatoms. The average Bonchev–Trinajstić information content (AvgIpc) is 2.83. The Balaban J connectivity index is 2.08. The zero-order valence-electron chi connectivity index (χ0n) is 11.1. The predicted octanol–water partition coefficient (Wildman–Crippen LogP) is 2.64. The Morgan fingerprint density at radius 1 is 1.47 bits per heavy atom. The molecule has 0 spiro atoms. The zero-order chi connectivity index (χ0) is 12.6. The molecule has 0 aromatic carbocycles. The van der Waals surface area contributed by atoms with E-state index in [-0.39, 0.29) is 0 Å². The van der Waals surface area contributed by atoms with E-state index in [1.165, 1.54) is 12.7 Å². The van der Waals surface area contributed by atoms with Gasteiger partial charge in [0.15, 0.2) is 0 Å². The molecule has 2 rings (SSSR count). The standard InChI is InChI=1S/C13H22N4/c1-8(2)10-11(14)16-7-17-12(10)15-6-9-5-13(9,3)4/h7-9H,5-6H2,1-4H3,(H3,14,15,16,17). The SMILES string of the molecule is CC(C)c1c(N)ncnc1NCC1CC1(C)C. The van der Waals surface area contributed by atoms with Crippen LogP contribution in [0.25, 0.3) is 0 Å². The minimum Gasteiger partial charge on any atom is -0.383 e. The van der Waals surface area contributed by atoms with Crippen LogP contribution in [0.4, 0.5) is 11.6 Å². The Labute approximate surface area is 103 Å². The zero-order valence-corrected chi connectivity index (χ0v) is 11.1. The van der Waals surface area contributed by atoms with Crippen LogP contribution in [-0.2, 0) is 0 Å². The van der Waals surface area contributed by atoms with Crippen molar-refractivity contribution in [2.45, 2.75) is 40.0 Å². The van der Waals surface area contributed by atoms with E-state index in [0.717, 1.165) is 23.8 Å². The molecule has 1 aromatic rings. The van der Waals surface area contributed by atoms with Crippen molar-refractivity contribution in [1.82, 2.24) is 9.97 Å². The lowest BCUT2D eigenvalue weighted by molar-refractivity contribution is 0.572. The Kier molecular flexibility index (Phi) is 2.98. The summed E-state index contributed by atoms with van der Waals surface area (Å²) in [5, 5.41) is 3.42. The number of nitrogens with zero attached hydrogens (tertiary/aromatic N) is 2. The molecule has 0 radical (unpaired) electrons. The van der Waals surface area contributed by atoms with Gasteiger partial charge in [0.1, 0.15) is 18.0 Å².